The van der Waals surface area contributed by atoms with Crippen LogP contribution in [0.25, 0.3) is 0 Å². The summed E-state index contributed by atoms with van der Waals surface area (Å²) in [6, 6.07) is 5.97. The number of nitro groups is 1. The second-order valence-corrected chi connectivity index (χ2v) is 7.92. The van der Waals surface area contributed by atoms with Crippen LogP contribution >= 0.6 is 0 Å². The van der Waals surface area contributed by atoms with Crippen molar-refractivity contribution in [3.8, 4) is 0 Å². The maximum absolute atomic E-state index is 12.3. The molecular weight excluding hydrogens is 334 g/mol. The minimum absolute atomic E-state index is 0.0180. The van der Waals surface area contributed by atoms with Crippen LogP contribution in [0.1, 0.15) is 19.8 Å². The largest absolute Gasteiger partial charge is 0.379 e. The van der Waals surface area contributed by atoms with E-state index in [1.54, 1.807) is 23.1 Å². The van der Waals surface area contributed by atoms with Crippen molar-refractivity contribution >= 4 is 27.1 Å². The Labute approximate surface area is 140 Å². The maximum atomic E-state index is 12.3. The third-order valence-electron chi connectivity index (χ3n) is 4.07. The van der Waals surface area contributed by atoms with E-state index in [1.165, 1.54) is 6.07 Å². The first kappa shape index (κ1) is 18.2. The number of anilines is 1. The molecule has 1 N–H and O–H groups in total. The van der Waals surface area contributed by atoms with Gasteiger partial charge in [0.05, 0.1) is 16.4 Å². The summed E-state index contributed by atoms with van der Waals surface area (Å²) in [6.45, 7) is 2.52. The Balaban J connectivity index is 1.92. The lowest BCUT2D eigenvalue weighted by atomic mass is 10.2. The molecule has 9 heteroatoms. The Morgan fingerprint density at radius 2 is 2.12 bits per heavy atom. The summed E-state index contributed by atoms with van der Waals surface area (Å²) in [6.07, 6.45) is 0.621. The molecule has 1 aromatic carbocycles. The van der Waals surface area contributed by atoms with Gasteiger partial charge in [-0.25, -0.2) is 8.42 Å². The van der Waals surface area contributed by atoms with E-state index in [4.69, 9.17) is 0 Å². The normalized spacial score (nSPS) is 19.0. The van der Waals surface area contributed by atoms with E-state index in [-0.39, 0.29) is 42.1 Å². The Morgan fingerprint density at radius 1 is 1.42 bits per heavy atom. The Hall–Kier alpha value is -2.16. The van der Waals surface area contributed by atoms with E-state index in [0.717, 1.165) is 0 Å². The molecule has 1 aliphatic rings. The third kappa shape index (κ3) is 4.44. The number of hydrogen-bond acceptors (Lipinski definition) is 6. The van der Waals surface area contributed by atoms with Crippen LogP contribution in [0.15, 0.2) is 24.3 Å². The SMILES string of the molecule is CCN(C(=O)CCNc1ccccc1[N+](=O)[O-])C1CCS(=O)(=O)C1. The Morgan fingerprint density at radius 3 is 2.71 bits per heavy atom. The van der Waals surface area contributed by atoms with Gasteiger partial charge in [-0.2, -0.15) is 0 Å². The summed E-state index contributed by atoms with van der Waals surface area (Å²) in [5.74, 6) is -0.00855. The molecule has 0 aromatic heterocycles. The number of carbonyl (C=O) groups excluding carboxylic acids is 1. The smallest absolute Gasteiger partial charge is 0.292 e. The maximum Gasteiger partial charge on any atom is 0.292 e. The molecule has 0 spiro atoms. The van der Waals surface area contributed by atoms with Crippen molar-refractivity contribution in [3.05, 3.63) is 34.4 Å². The minimum Gasteiger partial charge on any atom is -0.379 e. The van der Waals surface area contributed by atoms with Gasteiger partial charge in [-0.1, -0.05) is 12.1 Å². The second kappa shape index (κ2) is 7.61. The summed E-state index contributed by atoms with van der Waals surface area (Å²) < 4.78 is 23.1. The van der Waals surface area contributed by atoms with Crippen LogP contribution in [0.4, 0.5) is 11.4 Å². The summed E-state index contributed by atoms with van der Waals surface area (Å²) in [4.78, 5) is 24.4. The van der Waals surface area contributed by atoms with Gasteiger partial charge in [0.25, 0.3) is 5.69 Å². The number of carbonyl (C=O) groups is 1. The number of rotatable bonds is 7. The molecule has 0 bridgehead atoms. The van der Waals surface area contributed by atoms with Crippen LogP contribution < -0.4 is 5.32 Å². The lowest BCUT2D eigenvalue weighted by Crippen LogP contribution is -2.41. The molecule has 24 heavy (non-hydrogen) atoms. The minimum atomic E-state index is -3.05. The predicted molar refractivity (Wildman–Crippen MR) is 90.6 cm³/mol. The topological polar surface area (TPSA) is 110 Å². The van der Waals surface area contributed by atoms with Crippen molar-refractivity contribution in [2.45, 2.75) is 25.8 Å². The first-order valence-corrected chi connectivity index (χ1v) is 9.63. The number of nitrogens with one attached hydrogen (secondary N) is 1. The number of nitro benzene ring substituents is 1. The molecule has 1 amide bonds. The summed E-state index contributed by atoms with van der Waals surface area (Å²) in [7, 11) is -3.05. The Kier molecular flexibility index (Phi) is 5.76. The van der Waals surface area contributed by atoms with Gasteiger partial charge in [-0.3, -0.25) is 14.9 Å². The monoisotopic (exact) mass is 355 g/mol. The van der Waals surface area contributed by atoms with Crippen LogP contribution in [0.5, 0.6) is 0 Å². The first-order chi connectivity index (χ1) is 11.3. The van der Waals surface area contributed by atoms with E-state index in [1.807, 2.05) is 6.92 Å². The second-order valence-electron chi connectivity index (χ2n) is 5.69. The molecule has 1 fully saturated rings. The summed E-state index contributed by atoms with van der Waals surface area (Å²) in [5, 5.41) is 13.8. The van der Waals surface area contributed by atoms with E-state index >= 15 is 0 Å². The highest BCUT2D eigenvalue weighted by Gasteiger charge is 2.33. The predicted octanol–water partition coefficient (Wildman–Crippen LogP) is 1.43. The number of nitrogens with zero attached hydrogens (tertiary/aromatic N) is 2. The highest BCUT2D eigenvalue weighted by atomic mass is 32.2. The van der Waals surface area contributed by atoms with Gasteiger partial charge in [0.1, 0.15) is 5.69 Å². The fourth-order valence-electron chi connectivity index (χ4n) is 2.89. The lowest BCUT2D eigenvalue weighted by Gasteiger charge is -2.27. The van der Waals surface area contributed by atoms with Crippen molar-refractivity contribution in [2.75, 3.05) is 29.9 Å². The summed E-state index contributed by atoms with van der Waals surface area (Å²) >= 11 is 0. The van der Waals surface area contributed by atoms with E-state index < -0.39 is 14.8 Å². The average Bonchev–Trinajstić information content (AvgIpc) is 2.88. The molecule has 1 aliphatic heterocycles. The molecule has 1 atom stereocenters. The summed E-state index contributed by atoms with van der Waals surface area (Å²) in [5.41, 5.74) is 0.320. The molecule has 1 heterocycles. The molecule has 8 nitrogen and oxygen atoms in total. The standard InChI is InChI=1S/C15H21N3O5S/c1-2-17(12-8-10-24(22,23)11-12)15(19)7-9-16-13-5-3-4-6-14(13)18(20)21/h3-6,12,16H,2,7-11H2,1H3. The number of amides is 1. The van der Waals surface area contributed by atoms with Gasteiger partial charge in [0.2, 0.25) is 5.91 Å². The molecule has 1 aromatic rings. The number of para-hydroxylation sites is 2. The fourth-order valence-corrected chi connectivity index (χ4v) is 4.62. The molecule has 2 rings (SSSR count). The van der Waals surface area contributed by atoms with Crippen LogP contribution in [0.2, 0.25) is 0 Å². The van der Waals surface area contributed by atoms with Crippen molar-refractivity contribution in [1.82, 2.24) is 4.90 Å². The van der Waals surface area contributed by atoms with Gasteiger partial charge in [0.15, 0.2) is 9.84 Å². The van der Waals surface area contributed by atoms with Crippen LogP contribution in [0, 0.1) is 10.1 Å². The molecule has 0 radical (unpaired) electrons. The number of hydrogen-bond donors (Lipinski definition) is 1. The molecule has 1 unspecified atom stereocenters. The van der Waals surface area contributed by atoms with Gasteiger partial charge in [0, 0.05) is 31.6 Å². The highest BCUT2D eigenvalue weighted by molar-refractivity contribution is 7.91. The van der Waals surface area contributed by atoms with Crippen LogP contribution in [0.3, 0.4) is 0 Å². The average molecular weight is 355 g/mol. The van der Waals surface area contributed by atoms with Gasteiger partial charge in [-0.15, -0.1) is 0 Å². The highest BCUT2D eigenvalue weighted by Crippen LogP contribution is 2.23. The molecule has 0 saturated carbocycles. The fraction of sp³-hybridized carbons (Fsp3) is 0.533. The molecular formula is C15H21N3O5S. The van der Waals surface area contributed by atoms with E-state index in [2.05, 4.69) is 5.32 Å². The van der Waals surface area contributed by atoms with Crippen molar-refractivity contribution in [2.24, 2.45) is 0 Å². The van der Waals surface area contributed by atoms with E-state index in [0.29, 0.717) is 18.7 Å². The molecule has 0 aliphatic carbocycles. The Bertz CT molecular complexity index is 720. The van der Waals surface area contributed by atoms with Crippen LogP contribution in [-0.2, 0) is 14.6 Å². The van der Waals surface area contributed by atoms with E-state index in [9.17, 15) is 23.3 Å². The molecule has 1 saturated heterocycles. The zero-order chi connectivity index (χ0) is 17.7. The lowest BCUT2D eigenvalue weighted by molar-refractivity contribution is -0.384. The van der Waals surface area contributed by atoms with Crippen molar-refractivity contribution in [3.63, 3.8) is 0 Å². The number of benzene rings is 1. The van der Waals surface area contributed by atoms with Gasteiger partial charge in [-0.05, 0) is 19.4 Å². The van der Waals surface area contributed by atoms with Crippen molar-refractivity contribution < 1.29 is 18.1 Å². The third-order valence-corrected chi connectivity index (χ3v) is 5.82. The zero-order valence-electron chi connectivity index (χ0n) is 13.5. The molecule has 132 valence electrons. The van der Waals surface area contributed by atoms with Gasteiger partial charge < -0.3 is 10.2 Å². The van der Waals surface area contributed by atoms with Crippen LogP contribution in [-0.4, -0.2) is 54.8 Å². The van der Waals surface area contributed by atoms with Crippen molar-refractivity contribution in [1.29, 1.82) is 0 Å². The van der Waals surface area contributed by atoms with Gasteiger partial charge >= 0.3 is 0 Å². The first-order valence-electron chi connectivity index (χ1n) is 7.81. The quantitative estimate of drug-likeness (QED) is 0.585. The zero-order valence-corrected chi connectivity index (χ0v) is 14.3. The number of sulfone groups is 1.